The zero-order valence-corrected chi connectivity index (χ0v) is 20.9. The summed E-state index contributed by atoms with van der Waals surface area (Å²) in [5.41, 5.74) is 0.822. The molecule has 0 saturated carbocycles. The third kappa shape index (κ3) is 10.2. The predicted molar refractivity (Wildman–Crippen MR) is 129 cm³/mol. The molecule has 0 radical (unpaired) electrons. The molecule has 0 amide bonds. The number of carbonyl (C=O) groups is 4. The van der Waals surface area contributed by atoms with Crippen molar-refractivity contribution in [3.05, 3.63) is 70.8 Å². The summed E-state index contributed by atoms with van der Waals surface area (Å²) >= 11 is 0. The van der Waals surface area contributed by atoms with E-state index in [2.05, 4.69) is 0 Å². The highest BCUT2D eigenvalue weighted by molar-refractivity contribution is 6.03. The molecule has 10 heteroatoms. The first-order valence-corrected chi connectivity index (χ1v) is 11.3. The number of methoxy groups -OCH3 is 2. The molecule has 0 bridgehead atoms. The van der Waals surface area contributed by atoms with Gasteiger partial charge in [-0.1, -0.05) is 24.3 Å². The third-order valence-electron chi connectivity index (χ3n) is 4.33. The van der Waals surface area contributed by atoms with E-state index < -0.39 is 23.9 Å². The van der Waals surface area contributed by atoms with Gasteiger partial charge in [-0.3, -0.25) is 0 Å². The quantitative estimate of drug-likeness (QED) is 0.241. The van der Waals surface area contributed by atoms with Gasteiger partial charge in [-0.05, 0) is 38.1 Å². The van der Waals surface area contributed by atoms with Crippen LogP contribution in [0.3, 0.4) is 0 Å². The van der Waals surface area contributed by atoms with Gasteiger partial charge in [0.2, 0.25) is 0 Å². The standard InChI is InChI=1S/C14H18O6.C12H14O4/c1-17-7-9-19-13(15)11-5-3-4-6-12(11)14(16)20-10-8-18-2;1-3-15-11(13)9-7-5-6-8-10(9)12(14)16-4-2/h3-6H,7-10H2,1-2H3;5-8H,3-4H2,1-2H3. The molecule has 0 aliphatic carbocycles. The first-order valence-electron chi connectivity index (χ1n) is 11.3. The summed E-state index contributed by atoms with van der Waals surface area (Å²) in [6.07, 6.45) is 0. The highest BCUT2D eigenvalue weighted by Crippen LogP contribution is 2.13. The zero-order chi connectivity index (χ0) is 26.8. The van der Waals surface area contributed by atoms with Crippen LogP contribution >= 0.6 is 0 Å². The molecular formula is C26H32O10. The average Bonchev–Trinajstić information content (AvgIpc) is 2.89. The van der Waals surface area contributed by atoms with E-state index >= 15 is 0 Å². The van der Waals surface area contributed by atoms with E-state index in [1.165, 1.54) is 26.4 Å². The molecular weight excluding hydrogens is 472 g/mol. The van der Waals surface area contributed by atoms with E-state index in [1.54, 1.807) is 50.2 Å². The molecule has 0 unspecified atom stereocenters. The molecule has 0 heterocycles. The summed E-state index contributed by atoms with van der Waals surface area (Å²) in [6.45, 7) is 4.82. The second-order valence-corrected chi connectivity index (χ2v) is 6.79. The van der Waals surface area contributed by atoms with E-state index in [0.717, 1.165) is 0 Å². The van der Waals surface area contributed by atoms with E-state index in [4.69, 9.17) is 28.4 Å². The summed E-state index contributed by atoms with van der Waals surface area (Å²) in [5.74, 6) is -2.18. The molecule has 196 valence electrons. The molecule has 10 nitrogen and oxygen atoms in total. The molecule has 0 aromatic heterocycles. The van der Waals surface area contributed by atoms with Crippen LogP contribution in [0.25, 0.3) is 0 Å². The number of rotatable bonds is 12. The zero-order valence-electron chi connectivity index (χ0n) is 20.9. The van der Waals surface area contributed by atoms with Gasteiger partial charge in [0.15, 0.2) is 0 Å². The molecule has 2 aromatic carbocycles. The molecule has 0 aliphatic rings. The van der Waals surface area contributed by atoms with Crippen LogP contribution in [-0.4, -0.2) is 77.7 Å². The second kappa shape index (κ2) is 17.6. The van der Waals surface area contributed by atoms with Gasteiger partial charge in [0.1, 0.15) is 13.2 Å². The first kappa shape index (κ1) is 30.3. The van der Waals surface area contributed by atoms with Gasteiger partial charge in [0, 0.05) is 14.2 Å². The lowest BCUT2D eigenvalue weighted by molar-refractivity contribution is 0.0345. The Morgan fingerprint density at radius 3 is 1.03 bits per heavy atom. The van der Waals surface area contributed by atoms with Crippen molar-refractivity contribution < 1.29 is 47.6 Å². The smallest absolute Gasteiger partial charge is 0.339 e. The number of benzene rings is 2. The van der Waals surface area contributed by atoms with Crippen molar-refractivity contribution in [1.82, 2.24) is 0 Å². The minimum atomic E-state index is -0.582. The maximum absolute atomic E-state index is 11.9. The Morgan fingerprint density at radius 2 is 0.778 bits per heavy atom. The molecule has 0 saturated heterocycles. The molecule has 0 N–H and O–H groups in total. The van der Waals surface area contributed by atoms with Gasteiger partial charge >= 0.3 is 23.9 Å². The van der Waals surface area contributed by atoms with Crippen LogP contribution in [0.4, 0.5) is 0 Å². The van der Waals surface area contributed by atoms with Gasteiger partial charge in [0.05, 0.1) is 48.7 Å². The Bertz CT molecular complexity index is 908. The summed E-state index contributed by atoms with van der Waals surface area (Å²) in [7, 11) is 3.02. The average molecular weight is 505 g/mol. The Kier molecular flexibility index (Phi) is 14.8. The van der Waals surface area contributed by atoms with E-state index in [0.29, 0.717) is 13.2 Å². The largest absolute Gasteiger partial charge is 0.462 e. The topological polar surface area (TPSA) is 124 Å². The van der Waals surface area contributed by atoms with E-state index in [1.807, 2.05) is 0 Å². The van der Waals surface area contributed by atoms with Crippen LogP contribution in [0.1, 0.15) is 55.3 Å². The van der Waals surface area contributed by atoms with Gasteiger partial charge in [-0.25, -0.2) is 19.2 Å². The SMILES string of the molecule is CCOC(=O)c1ccccc1C(=O)OCC.COCCOC(=O)c1ccccc1C(=O)OCCOC. The lowest BCUT2D eigenvalue weighted by Crippen LogP contribution is -2.17. The predicted octanol–water partition coefficient (Wildman–Crippen LogP) is 3.33. The number of hydrogen-bond donors (Lipinski definition) is 0. The first-order chi connectivity index (χ1) is 17.4. The fraction of sp³-hybridized carbons (Fsp3) is 0.385. The number of hydrogen-bond acceptors (Lipinski definition) is 10. The Labute approximate surface area is 210 Å². The maximum Gasteiger partial charge on any atom is 0.339 e. The van der Waals surface area contributed by atoms with E-state index in [-0.39, 0.29) is 48.7 Å². The van der Waals surface area contributed by atoms with Crippen LogP contribution < -0.4 is 0 Å². The molecule has 0 atom stereocenters. The third-order valence-corrected chi connectivity index (χ3v) is 4.33. The molecule has 0 fully saturated rings. The van der Waals surface area contributed by atoms with E-state index in [9.17, 15) is 19.2 Å². The highest BCUT2D eigenvalue weighted by Gasteiger charge is 2.19. The van der Waals surface area contributed by atoms with Crippen molar-refractivity contribution in [3.8, 4) is 0 Å². The number of esters is 4. The minimum Gasteiger partial charge on any atom is -0.462 e. The molecule has 0 spiro atoms. The van der Waals surface area contributed by atoms with Crippen molar-refractivity contribution in [3.63, 3.8) is 0 Å². The monoisotopic (exact) mass is 504 g/mol. The summed E-state index contributed by atoms with van der Waals surface area (Å²) < 4.78 is 29.3. The Hall–Kier alpha value is -3.76. The number of carbonyl (C=O) groups excluding carboxylic acids is 4. The van der Waals surface area contributed by atoms with Crippen LogP contribution in [0.5, 0.6) is 0 Å². The Balaban J connectivity index is 0.000000369. The highest BCUT2D eigenvalue weighted by atomic mass is 16.6. The summed E-state index contributed by atoms with van der Waals surface area (Å²) in [6, 6.07) is 12.8. The van der Waals surface area contributed by atoms with Gasteiger partial charge in [-0.15, -0.1) is 0 Å². The van der Waals surface area contributed by atoms with Crippen molar-refractivity contribution in [2.24, 2.45) is 0 Å². The Morgan fingerprint density at radius 1 is 0.500 bits per heavy atom. The van der Waals surface area contributed by atoms with Crippen LogP contribution in [0.2, 0.25) is 0 Å². The molecule has 0 aliphatic heterocycles. The fourth-order valence-electron chi connectivity index (χ4n) is 2.69. The van der Waals surface area contributed by atoms with Crippen molar-refractivity contribution in [1.29, 1.82) is 0 Å². The number of ether oxygens (including phenoxy) is 6. The van der Waals surface area contributed by atoms with Crippen LogP contribution in [0.15, 0.2) is 48.5 Å². The summed E-state index contributed by atoms with van der Waals surface area (Å²) in [5, 5.41) is 0. The lowest BCUT2D eigenvalue weighted by atomic mass is 10.1. The molecule has 2 aromatic rings. The lowest BCUT2D eigenvalue weighted by Gasteiger charge is -2.09. The molecule has 36 heavy (non-hydrogen) atoms. The second-order valence-electron chi connectivity index (χ2n) is 6.79. The van der Waals surface area contributed by atoms with Gasteiger partial charge < -0.3 is 28.4 Å². The minimum absolute atomic E-state index is 0.127. The van der Waals surface area contributed by atoms with Crippen molar-refractivity contribution >= 4 is 23.9 Å². The summed E-state index contributed by atoms with van der Waals surface area (Å²) in [4.78, 5) is 46.8. The fourth-order valence-corrected chi connectivity index (χ4v) is 2.69. The van der Waals surface area contributed by atoms with Crippen LogP contribution in [-0.2, 0) is 28.4 Å². The maximum atomic E-state index is 11.9. The van der Waals surface area contributed by atoms with Gasteiger partial charge in [0.25, 0.3) is 0 Å². The normalized spacial score (nSPS) is 9.89. The van der Waals surface area contributed by atoms with Gasteiger partial charge in [-0.2, -0.15) is 0 Å². The molecule has 2 rings (SSSR count). The van der Waals surface area contributed by atoms with Crippen molar-refractivity contribution in [2.75, 3.05) is 53.9 Å². The van der Waals surface area contributed by atoms with Crippen molar-refractivity contribution in [2.45, 2.75) is 13.8 Å². The van der Waals surface area contributed by atoms with Crippen LogP contribution in [0, 0.1) is 0 Å².